The van der Waals surface area contributed by atoms with Crippen molar-refractivity contribution in [3.05, 3.63) is 86.6 Å². The molecule has 0 saturated carbocycles. The Morgan fingerprint density at radius 1 is 1.05 bits per heavy atom. The summed E-state index contributed by atoms with van der Waals surface area (Å²) in [6.45, 7) is 2.49. The topological polar surface area (TPSA) is 117 Å². The second kappa shape index (κ2) is 10.7. The van der Waals surface area contributed by atoms with Gasteiger partial charge in [-0.2, -0.15) is 5.26 Å². The molecule has 196 valence electrons. The first-order chi connectivity index (χ1) is 18.8. The zero-order valence-corrected chi connectivity index (χ0v) is 22.8. The molecule has 0 spiro atoms. The maximum Gasteiger partial charge on any atom is 0.259 e. The lowest BCUT2D eigenvalue weighted by atomic mass is 9.97. The van der Waals surface area contributed by atoms with Crippen LogP contribution in [0.15, 0.2) is 48.7 Å². The molecule has 2 aromatic heterocycles. The molecule has 0 radical (unpaired) electrons. The predicted octanol–water partition coefficient (Wildman–Crippen LogP) is 5.46. The van der Waals surface area contributed by atoms with Gasteiger partial charge in [0.05, 0.1) is 60.6 Å². The van der Waals surface area contributed by atoms with Crippen LogP contribution in [0.4, 0.5) is 5.13 Å². The first-order valence-corrected chi connectivity index (χ1v) is 13.0. The highest BCUT2D eigenvalue weighted by Gasteiger charge is 2.30. The lowest BCUT2D eigenvalue weighted by molar-refractivity contribution is 0.0747. The number of nitrogens with one attached hydrogen (secondary N) is 1. The van der Waals surface area contributed by atoms with Gasteiger partial charge >= 0.3 is 0 Å². The monoisotopic (exact) mass is 559 g/mol. The maximum atomic E-state index is 13.4. The van der Waals surface area contributed by atoms with Crippen molar-refractivity contribution in [1.29, 1.82) is 5.26 Å². The number of carbonyl (C=O) groups is 2. The van der Waals surface area contributed by atoms with Gasteiger partial charge in [0.15, 0.2) is 5.13 Å². The van der Waals surface area contributed by atoms with Crippen molar-refractivity contribution in [3.63, 3.8) is 0 Å². The number of aromatic nitrogens is 2. The number of anilines is 1. The number of nitrogens with zero attached hydrogens (tertiary/aromatic N) is 4. The first kappa shape index (κ1) is 26.2. The van der Waals surface area contributed by atoms with Crippen LogP contribution in [0.2, 0.25) is 5.02 Å². The molecule has 0 unspecified atom stereocenters. The number of carbonyl (C=O) groups excluding carboxylic acids is 2. The van der Waals surface area contributed by atoms with Gasteiger partial charge < -0.3 is 14.4 Å². The van der Waals surface area contributed by atoms with E-state index in [0.717, 1.165) is 10.6 Å². The van der Waals surface area contributed by atoms with Gasteiger partial charge in [-0.15, -0.1) is 0 Å². The van der Waals surface area contributed by atoms with E-state index >= 15 is 0 Å². The molecule has 3 heterocycles. The summed E-state index contributed by atoms with van der Waals surface area (Å²) in [7, 11) is 3.03. The van der Waals surface area contributed by atoms with E-state index in [1.165, 1.54) is 31.8 Å². The Hall–Kier alpha value is -4.46. The molecule has 2 amide bonds. The molecular weight excluding hydrogens is 538 g/mol. The Morgan fingerprint density at radius 2 is 1.85 bits per heavy atom. The fraction of sp³-hybridized carbons (Fsp3) is 0.179. The fourth-order valence-electron chi connectivity index (χ4n) is 4.37. The second-order valence-electron chi connectivity index (χ2n) is 8.75. The molecule has 11 heteroatoms. The Bertz CT molecular complexity index is 1640. The molecule has 1 N–H and O–H groups in total. The minimum absolute atomic E-state index is 0.191. The van der Waals surface area contributed by atoms with Crippen LogP contribution >= 0.6 is 22.9 Å². The van der Waals surface area contributed by atoms with Gasteiger partial charge in [-0.05, 0) is 49.4 Å². The molecule has 0 bridgehead atoms. The molecule has 1 aliphatic heterocycles. The van der Waals surface area contributed by atoms with Crippen LogP contribution in [0.3, 0.4) is 0 Å². The van der Waals surface area contributed by atoms with Crippen molar-refractivity contribution in [2.75, 3.05) is 19.5 Å². The van der Waals surface area contributed by atoms with Crippen molar-refractivity contribution in [2.45, 2.75) is 20.0 Å². The molecule has 4 aromatic rings. The highest BCUT2D eigenvalue weighted by Crippen LogP contribution is 2.36. The predicted molar refractivity (Wildman–Crippen MR) is 147 cm³/mol. The molecule has 0 atom stereocenters. The SMILES string of the molecule is COc1cc(Cl)ccc1C(=O)N1Cc2nc(NC(=O)c3cnc(C)cc3-c3cc(C#N)ccc3OC)sc2C1. The largest absolute Gasteiger partial charge is 0.496 e. The van der Waals surface area contributed by atoms with Gasteiger partial charge in [0, 0.05) is 28.0 Å². The number of amides is 2. The van der Waals surface area contributed by atoms with Crippen molar-refractivity contribution < 1.29 is 19.1 Å². The van der Waals surface area contributed by atoms with E-state index < -0.39 is 5.91 Å². The quantitative estimate of drug-likeness (QED) is 0.333. The lowest BCUT2D eigenvalue weighted by Crippen LogP contribution is -2.26. The number of aryl methyl sites for hydroxylation is 1. The van der Waals surface area contributed by atoms with Crippen LogP contribution in [0, 0.1) is 18.3 Å². The Kier molecular flexibility index (Phi) is 7.19. The normalized spacial score (nSPS) is 12.0. The summed E-state index contributed by atoms with van der Waals surface area (Å²) in [5.74, 6) is 0.350. The molecular formula is C28H22ClN5O4S. The Morgan fingerprint density at radius 3 is 2.56 bits per heavy atom. The number of rotatable bonds is 6. The number of hydrogen-bond donors (Lipinski definition) is 1. The molecule has 9 nitrogen and oxygen atoms in total. The van der Waals surface area contributed by atoms with Crippen LogP contribution in [0.5, 0.6) is 11.5 Å². The molecule has 0 fully saturated rings. The summed E-state index contributed by atoms with van der Waals surface area (Å²) >= 11 is 7.34. The first-order valence-electron chi connectivity index (χ1n) is 11.8. The van der Waals surface area contributed by atoms with E-state index in [4.69, 9.17) is 21.1 Å². The third-order valence-corrected chi connectivity index (χ3v) is 7.49. The van der Waals surface area contributed by atoms with Crippen LogP contribution in [-0.2, 0) is 13.1 Å². The average Bonchev–Trinajstić information content (AvgIpc) is 3.51. The average molecular weight is 560 g/mol. The lowest BCUT2D eigenvalue weighted by Gasteiger charge is -2.17. The molecule has 39 heavy (non-hydrogen) atoms. The van der Waals surface area contributed by atoms with E-state index in [1.54, 1.807) is 47.4 Å². The number of fused-ring (bicyclic) bond motifs is 1. The summed E-state index contributed by atoms with van der Waals surface area (Å²) in [6.07, 6.45) is 1.50. The summed E-state index contributed by atoms with van der Waals surface area (Å²) in [6, 6.07) is 13.8. The van der Waals surface area contributed by atoms with E-state index in [2.05, 4.69) is 21.4 Å². The molecule has 5 rings (SSSR count). The van der Waals surface area contributed by atoms with E-state index in [1.807, 2.05) is 6.92 Å². The van der Waals surface area contributed by atoms with Crippen LogP contribution in [0.25, 0.3) is 11.1 Å². The van der Waals surface area contributed by atoms with Crippen molar-refractivity contribution in [2.24, 2.45) is 0 Å². The minimum Gasteiger partial charge on any atom is -0.496 e. The standard InChI is InChI=1S/C28H22ClN5O4S/c1-15-8-19(20-9-16(11-30)4-7-23(20)37-2)21(12-31-15)26(35)33-28-32-22-13-34(14-25(22)39-28)27(36)18-6-5-17(29)10-24(18)38-3/h4-10,12H,13-14H2,1-3H3,(H,32,33,35). The van der Waals surface area contributed by atoms with Gasteiger partial charge in [0.2, 0.25) is 0 Å². The van der Waals surface area contributed by atoms with Crippen LogP contribution in [-0.4, -0.2) is 40.9 Å². The number of methoxy groups -OCH3 is 2. The van der Waals surface area contributed by atoms with E-state index in [-0.39, 0.29) is 5.91 Å². The third-order valence-electron chi connectivity index (χ3n) is 6.26. The maximum absolute atomic E-state index is 13.4. The molecule has 0 aliphatic carbocycles. The number of thiazole rings is 1. The van der Waals surface area contributed by atoms with Gasteiger partial charge in [-0.3, -0.25) is 19.9 Å². The number of benzene rings is 2. The zero-order valence-electron chi connectivity index (χ0n) is 21.2. The van der Waals surface area contributed by atoms with Gasteiger partial charge in [-0.25, -0.2) is 4.98 Å². The van der Waals surface area contributed by atoms with Crippen molar-refractivity contribution >= 4 is 39.9 Å². The summed E-state index contributed by atoms with van der Waals surface area (Å²) in [4.78, 5) is 37.9. The highest BCUT2D eigenvalue weighted by molar-refractivity contribution is 7.16. The zero-order chi connectivity index (χ0) is 27.7. The number of hydrogen-bond acceptors (Lipinski definition) is 8. The van der Waals surface area contributed by atoms with Crippen LogP contribution in [0.1, 0.15) is 42.5 Å². The summed E-state index contributed by atoms with van der Waals surface area (Å²) < 4.78 is 10.8. The van der Waals surface area contributed by atoms with Crippen molar-refractivity contribution in [1.82, 2.24) is 14.9 Å². The highest BCUT2D eigenvalue weighted by atomic mass is 35.5. The summed E-state index contributed by atoms with van der Waals surface area (Å²) in [5.41, 5.74) is 3.81. The minimum atomic E-state index is -0.395. The Labute approximate surface area is 233 Å². The van der Waals surface area contributed by atoms with Crippen molar-refractivity contribution in [3.8, 4) is 28.7 Å². The molecule has 0 saturated heterocycles. The smallest absolute Gasteiger partial charge is 0.259 e. The number of halogens is 1. The van der Waals surface area contributed by atoms with Gasteiger partial charge in [0.25, 0.3) is 11.8 Å². The fourth-order valence-corrected chi connectivity index (χ4v) is 5.51. The number of pyridine rings is 1. The van der Waals surface area contributed by atoms with Gasteiger partial charge in [-0.1, -0.05) is 22.9 Å². The van der Waals surface area contributed by atoms with Gasteiger partial charge in [0.1, 0.15) is 11.5 Å². The number of ether oxygens (including phenoxy) is 2. The van der Waals surface area contributed by atoms with Crippen LogP contribution < -0.4 is 14.8 Å². The number of nitriles is 1. The Balaban J connectivity index is 1.37. The summed E-state index contributed by atoms with van der Waals surface area (Å²) in [5, 5.41) is 13.2. The second-order valence-corrected chi connectivity index (χ2v) is 10.3. The van der Waals surface area contributed by atoms with E-state index in [0.29, 0.717) is 68.3 Å². The molecule has 2 aromatic carbocycles. The molecule has 1 aliphatic rings. The van der Waals surface area contributed by atoms with E-state index in [9.17, 15) is 14.9 Å². The third kappa shape index (κ3) is 5.14.